The molecule has 2 fully saturated rings. The maximum absolute atomic E-state index is 9.17. The van der Waals surface area contributed by atoms with Crippen LogP contribution in [0.1, 0.15) is 56.1 Å². The summed E-state index contributed by atoms with van der Waals surface area (Å²) in [7, 11) is 0. The smallest absolute Gasteiger partial charge is 0.154 e. The minimum atomic E-state index is 0.136. The second-order valence-corrected chi connectivity index (χ2v) is 5.96. The van der Waals surface area contributed by atoms with E-state index in [2.05, 4.69) is 16.9 Å². The quantitative estimate of drug-likeness (QED) is 0.842. The Bertz CT molecular complexity index is 421. The molecule has 1 N–H and O–H groups in total. The van der Waals surface area contributed by atoms with Crippen molar-refractivity contribution in [3.8, 4) is 0 Å². The first kappa shape index (κ1) is 13.1. The van der Waals surface area contributed by atoms with E-state index >= 15 is 0 Å². The van der Waals surface area contributed by atoms with Crippen molar-refractivity contribution >= 4 is 0 Å². The van der Waals surface area contributed by atoms with Crippen LogP contribution in [0, 0.1) is 0 Å². The molecular formula is C14H24N4O. The monoisotopic (exact) mass is 264 g/mol. The van der Waals surface area contributed by atoms with E-state index in [1.807, 2.05) is 4.68 Å². The highest BCUT2D eigenvalue weighted by Gasteiger charge is 2.30. The van der Waals surface area contributed by atoms with Gasteiger partial charge in [0, 0.05) is 18.4 Å². The fraction of sp³-hybridized carbons (Fsp3) is 0.857. The fourth-order valence-electron chi connectivity index (χ4n) is 2.94. The predicted octanol–water partition coefficient (Wildman–Crippen LogP) is 1.35. The lowest BCUT2D eigenvalue weighted by Gasteiger charge is -2.19. The average Bonchev–Trinajstić information content (AvgIpc) is 2.96. The maximum Gasteiger partial charge on any atom is 0.154 e. The van der Waals surface area contributed by atoms with Crippen LogP contribution in [0.3, 0.4) is 0 Å². The number of aromatic nitrogens is 3. The van der Waals surface area contributed by atoms with Gasteiger partial charge < -0.3 is 10.0 Å². The summed E-state index contributed by atoms with van der Waals surface area (Å²) < 4.78 is 1.92. The Morgan fingerprint density at radius 3 is 2.68 bits per heavy atom. The zero-order valence-corrected chi connectivity index (χ0v) is 11.8. The molecule has 0 aromatic carbocycles. The van der Waals surface area contributed by atoms with Crippen molar-refractivity contribution in [3.05, 3.63) is 11.6 Å². The Morgan fingerprint density at radius 2 is 2.05 bits per heavy atom. The molecule has 0 radical (unpaired) electrons. The molecule has 19 heavy (non-hydrogen) atoms. The zero-order valence-electron chi connectivity index (χ0n) is 11.8. The summed E-state index contributed by atoms with van der Waals surface area (Å²) in [6.45, 7) is 6.43. The van der Waals surface area contributed by atoms with E-state index < -0.39 is 0 Å². The van der Waals surface area contributed by atoms with Crippen LogP contribution in [0.15, 0.2) is 0 Å². The standard InChI is InChI=1S/C14H24N4O/c1-11(10-17-6-2-3-7-17)14-15-13(12-4-5-12)16-18(14)8-9-19/h11-12,19H,2-10H2,1H3/t11-/m1/s1. The van der Waals surface area contributed by atoms with Gasteiger partial charge in [-0.2, -0.15) is 5.10 Å². The molecule has 3 rings (SSSR count). The second-order valence-electron chi connectivity index (χ2n) is 5.96. The van der Waals surface area contributed by atoms with E-state index in [-0.39, 0.29) is 6.61 Å². The normalized spacial score (nSPS) is 22.0. The number of aliphatic hydroxyl groups is 1. The molecule has 1 saturated heterocycles. The lowest BCUT2D eigenvalue weighted by Crippen LogP contribution is -2.26. The Hall–Kier alpha value is -0.940. The van der Waals surface area contributed by atoms with Crippen molar-refractivity contribution in [2.45, 2.75) is 51.0 Å². The van der Waals surface area contributed by atoms with Crippen molar-refractivity contribution in [2.24, 2.45) is 0 Å². The summed E-state index contributed by atoms with van der Waals surface area (Å²) in [6.07, 6.45) is 5.10. The van der Waals surface area contributed by atoms with E-state index in [4.69, 9.17) is 4.98 Å². The van der Waals surface area contributed by atoms with Crippen LogP contribution in [0.4, 0.5) is 0 Å². The topological polar surface area (TPSA) is 54.2 Å². The molecular weight excluding hydrogens is 240 g/mol. The molecule has 0 bridgehead atoms. The molecule has 1 saturated carbocycles. The van der Waals surface area contributed by atoms with Crippen molar-refractivity contribution in [3.63, 3.8) is 0 Å². The molecule has 2 heterocycles. The van der Waals surface area contributed by atoms with Gasteiger partial charge in [-0.15, -0.1) is 0 Å². The van der Waals surface area contributed by atoms with Crippen LogP contribution in [0.25, 0.3) is 0 Å². The van der Waals surface area contributed by atoms with Crippen LogP contribution < -0.4 is 0 Å². The second kappa shape index (κ2) is 5.59. The van der Waals surface area contributed by atoms with Gasteiger partial charge in [0.15, 0.2) is 5.82 Å². The highest BCUT2D eigenvalue weighted by molar-refractivity contribution is 5.09. The molecule has 1 atom stereocenters. The van der Waals surface area contributed by atoms with E-state index in [1.54, 1.807) is 0 Å². The number of aliphatic hydroxyl groups excluding tert-OH is 1. The molecule has 0 unspecified atom stereocenters. The van der Waals surface area contributed by atoms with Crippen molar-refractivity contribution < 1.29 is 5.11 Å². The van der Waals surface area contributed by atoms with Gasteiger partial charge in [-0.1, -0.05) is 6.92 Å². The number of hydrogen-bond donors (Lipinski definition) is 1. The Kier molecular flexibility index (Phi) is 3.84. The third-order valence-electron chi connectivity index (χ3n) is 4.14. The number of nitrogens with zero attached hydrogens (tertiary/aromatic N) is 4. The minimum absolute atomic E-state index is 0.136. The van der Waals surface area contributed by atoms with Gasteiger partial charge >= 0.3 is 0 Å². The minimum Gasteiger partial charge on any atom is -0.394 e. The van der Waals surface area contributed by atoms with Crippen LogP contribution in [-0.2, 0) is 6.54 Å². The maximum atomic E-state index is 9.17. The molecule has 2 aliphatic rings. The number of hydrogen-bond acceptors (Lipinski definition) is 4. The third kappa shape index (κ3) is 2.98. The predicted molar refractivity (Wildman–Crippen MR) is 73.2 cm³/mol. The van der Waals surface area contributed by atoms with Crippen LogP contribution in [0.2, 0.25) is 0 Å². The summed E-state index contributed by atoms with van der Waals surface area (Å²) in [5.41, 5.74) is 0. The average molecular weight is 264 g/mol. The third-order valence-corrected chi connectivity index (χ3v) is 4.14. The largest absolute Gasteiger partial charge is 0.394 e. The summed E-state index contributed by atoms with van der Waals surface area (Å²) in [6, 6.07) is 0. The van der Waals surface area contributed by atoms with Crippen LogP contribution in [-0.4, -0.2) is 51.0 Å². The summed E-state index contributed by atoms with van der Waals surface area (Å²) in [5.74, 6) is 3.03. The van der Waals surface area contributed by atoms with Crippen LogP contribution >= 0.6 is 0 Å². The summed E-state index contributed by atoms with van der Waals surface area (Å²) in [5, 5.41) is 13.8. The van der Waals surface area contributed by atoms with Gasteiger partial charge in [0.05, 0.1) is 13.2 Å². The van der Waals surface area contributed by atoms with Gasteiger partial charge in [0.2, 0.25) is 0 Å². The van der Waals surface area contributed by atoms with E-state index in [0.29, 0.717) is 18.4 Å². The Morgan fingerprint density at radius 1 is 1.32 bits per heavy atom. The molecule has 5 heteroatoms. The van der Waals surface area contributed by atoms with Gasteiger partial charge in [0.25, 0.3) is 0 Å². The number of likely N-dealkylation sites (tertiary alicyclic amines) is 1. The molecule has 1 aliphatic heterocycles. The van der Waals surface area contributed by atoms with E-state index in [1.165, 1.54) is 38.8 Å². The lowest BCUT2D eigenvalue weighted by molar-refractivity contribution is 0.261. The van der Waals surface area contributed by atoms with Gasteiger partial charge in [0.1, 0.15) is 5.82 Å². The Labute approximate surface area is 114 Å². The van der Waals surface area contributed by atoms with Crippen LogP contribution in [0.5, 0.6) is 0 Å². The van der Waals surface area contributed by atoms with Gasteiger partial charge in [-0.25, -0.2) is 9.67 Å². The van der Waals surface area contributed by atoms with E-state index in [0.717, 1.165) is 18.2 Å². The summed E-state index contributed by atoms with van der Waals surface area (Å²) in [4.78, 5) is 7.26. The van der Waals surface area contributed by atoms with Gasteiger partial charge in [-0.05, 0) is 38.8 Å². The first-order valence-corrected chi connectivity index (χ1v) is 7.56. The lowest BCUT2D eigenvalue weighted by atomic mass is 10.1. The Balaban J connectivity index is 1.72. The zero-order chi connectivity index (χ0) is 13.2. The first-order chi connectivity index (χ1) is 9.28. The SMILES string of the molecule is C[C@H](CN1CCCC1)c1nc(C2CC2)nn1CCO. The highest BCUT2D eigenvalue weighted by atomic mass is 16.3. The molecule has 0 spiro atoms. The van der Waals surface area contributed by atoms with Crippen molar-refractivity contribution in [2.75, 3.05) is 26.2 Å². The molecule has 5 nitrogen and oxygen atoms in total. The van der Waals surface area contributed by atoms with E-state index in [9.17, 15) is 5.11 Å². The molecule has 0 amide bonds. The number of rotatable bonds is 6. The van der Waals surface area contributed by atoms with Gasteiger partial charge in [-0.3, -0.25) is 0 Å². The summed E-state index contributed by atoms with van der Waals surface area (Å²) >= 11 is 0. The molecule has 1 aromatic heterocycles. The molecule has 1 aliphatic carbocycles. The van der Waals surface area contributed by atoms with Crippen molar-refractivity contribution in [1.29, 1.82) is 0 Å². The molecule has 1 aromatic rings. The van der Waals surface area contributed by atoms with Crippen molar-refractivity contribution in [1.82, 2.24) is 19.7 Å². The molecule has 106 valence electrons. The fourth-order valence-corrected chi connectivity index (χ4v) is 2.94. The first-order valence-electron chi connectivity index (χ1n) is 7.56. The highest BCUT2D eigenvalue weighted by Crippen LogP contribution is 2.38.